The van der Waals surface area contributed by atoms with Gasteiger partial charge in [0.05, 0.1) is 19.4 Å². The van der Waals surface area contributed by atoms with Crippen LogP contribution in [-0.4, -0.2) is 60.5 Å². The summed E-state index contributed by atoms with van der Waals surface area (Å²) in [5.41, 5.74) is 12.7. The van der Waals surface area contributed by atoms with Gasteiger partial charge in [0, 0.05) is 94.0 Å². The van der Waals surface area contributed by atoms with E-state index in [2.05, 4.69) is 61.8 Å². The maximum absolute atomic E-state index is 12.0. The molecular weight excluding hydrogens is 733 g/mol. The molecule has 2 aromatic rings. The molecule has 0 fully saturated rings. The second-order valence-electron chi connectivity index (χ2n) is 16.9. The van der Waals surface area contributed by atoms with Crippen molar-refractivity contribution in [2.24, 2.45) is 0 Å². The van der Waals surface area contributed by atoms with Crippen molar-refractivity contribution in [3.63, 3.8) is 0 Å². The van der Waals surface area contributed by atoms with Crippen LogP contribution in [0, 0.1) is 0 Å². The molecule has 10 rings (SSSR count). The Morgan fingerprint density at radius 2 is 1.17 bits per heavy atom. The van der Waals surface area contributed by atoms with E-state index in [9.17, 15) is 19.2 Å². The molecule has 6 aliphatic heterocycles. The summed E-state index contributed by atoms with van der Waals surface area (Å²) in [5, 5.41) is 9.16. The molecule has 0 radical (unpaired) electrons. The molecule has 6 heterocycles. The number of fused-ring (bicyclic) bond motifs is 10. The first-order chi connectivity index (χ1) is 27.7. The van der Waals surface area contributed by atoms with E-state index in [1.807, 2.05) is 43.3 Å². The zero-order chi connectivity index (χ0) is 40.7. The number of carboxylic acids is 1. The van der Waals surface area contributed by atoms with E-state index in [0.717, 1.165) is 65.0 Å². The monoisotopic (exact) mass is 778 g/mol. The molecule has 8 aliphatic rings. The van der Waals surface area contributed by atoms with Crippen LogP contribution < -0.4 is 9.80 Å². The predicted molar refractivity (Wildman–Crippen MR) is 219 cm³/mol. The molecule has 2 unspecified atom stereocenters. The van der Waals surface area contributed by atoms with Gasteiger partial charge in [-0.2, -0.15) is 0 Å². The molecule has 1 N–H and O–H groups in total. The minimum atomic E-state index is -0.820. The van der Waals surface area contributed by atoms with Gasteiger partial charge >= 0.3 is 11.9 Å². The van der Waals surface area contributed by atoms with Gasteiger partial charge in [-0.3, -0.25) is 19.2 Å². The topological polar surface area (TPSA) is 123 Å². The summed E-state index contributed by atoms with van der Waals surface area (Å²) >= 11 is 0. The van der Waals surface area contributed by atoms with E-state index in [0.29, 0.717) is 18.1 Å². The van der Waals surface area contributed by atoms with Gasteiger partial charge in [0.1, 0.15) is 23.7 Å². The Balaban J connectivity index is 0.000000151. The van der Waals surface area contributed by atoms with Crippen LogP contribution in [0.25, 0.3) is 0 Å². The number of aliphatic carboxylic acids is 1. The lowest BCUT2D eigenvalue weighted by Gasteiger charge is -2.40. The van der Waals surface area contributed by atoms with Crippen LogP contribution in [0.3, 0.4) is 0 Å². The summed E-state index contributed by atoms with van der Waals surface area (Å²) in [6, 6.07) is 12.3. The zero-order valence-electron chi connectivity index (χ0n) is 33.4. The van der Waals surface area contributed by atoms with Gasteiger partial charge in [0.15, 0.2) is 11.6 Å². The molecule has 0 aromatic heterocycles. The van der Waals surface area contributed by atoms with E-state index in [1.54, 1.807) is 24.3 Å². The van der Waals surface area contributed by atoms with Crippen molar-refractivity contribution in [1.82, 2.24) is 0 Å². The van der Waals surface area contributed by atoms with Gasteiger partial charge in [0.2, 0.25) is 0 Å². The predicted octanol–water partition coefficient (Wildman–Crippen LogP) is 7.31. The first-order valence-corrected chi connectivity index (χ1v) is 20.1. The number of nitrogens with zero attached hydrogens (tertiary/aromatic N) is 2. The fourth-order valence-electron chi connectivity index (χ4n) is 9.87. The van der Waals surface area contributed by atoms with Crippen molar-refractivity contribution in [2.45, 2.75) is 83.3 Å². The number of allylic oxidation sites excluding steroid dienone is 8. The number of ketones is 2. The van der Waals surface area contributed by atoms with Crippen LogP contribution in [0.1, 0.15) is 69.7 Å². The summed E-state index contributed by atoms with van der Waals surface area (Å²) in [5.74, 6) is 0.247. The van der Waals surface area contributed by atoms with E-state index >= 15 is 0 Å². The number of rotatable bonds is 5. The summed E-state index contributed by atoms with van der Waals surface area (Å²) in [6.45, 7) is 12.7. The molecular formula is C48H46N2O8. The number of carboxylic acid groups (broad SMARTS) is 1. The number of esters is 1. The maximum atomic E-state index is 12.0. The first-order valence-electron chi connectivity index (χ1n) is 20.1. The first kappa shape index (κ1) is 37.4. The molecule has 0 saturated heterocycles. The third-order valence-corrected chi connectivity index (χ3v) is 12.4. The van der Waals surface area contributed by atoms with Crippen LogP contribution >= 0.6 is 0 Å². The van der Waals surface area contributed by atoms with Gasteiger partial charge in [-0.15, -0.1) is 0 Å². The van der Waals surface area contributed by atoms with Crippen molar-refractivity contribution in [2.75, 3.05) is 29.5 Å². The van der Waals surface area contributed by atoms with Crippen molar-refractivity contribution >= 4 is 34.9 Å². The average Bonchev–Trinajstić information content (AvgIpc) is 3.55. The van der Waals surface area contributed by atoms with Crippen LogP contribution in [0.15, 0.2) is 130 Å². The number of benzene rings is 2. The normalized spacial score (nSPS) is 23.4. The van der Waals surface area contributed by atoms with E-state index in [-0.39, 0.29) is 53.4 Å². The molecule has 10 nitrogen and oxygen atoms in total. The standard InChI is InChI=1S/C25H25NO4.C23H21NO4/c1-4-29-23(28)12-15-5-8-20-19(11-15)25(2,3)24-18-13-16-6-7-17(27)14-22(16)30-21(18)9-10-26(20)24;1-23(2)17-9-13(10-21(26)27)3-6-18(17)24-8-7-19-16(22(23)24)11-14-4-5-15(25)12-20(14)28-19/h5-8,11,13-14,21H,4,9-10,12H2,1-3H3;3-6,9,11-12,19H,7-8,10H2,1-2H3,(H,26,27). The van der Waals surface area contributed by atoms with Crippen LogP contribution in [0.5, 0.6) is 0 Å². The number of carbonyl (C=O) groups excluding carboxylic acids is 3. The third-order valence-electron chi connectivity index (χ3n) is 12.4. The fraction of sp³-hybridized carbons (Fsp3) is 0.333. The van der Waals surface area contributed by atoms with Crippen molar-refractivity contribution in [3.8, 4) is 0 Å². The highest BCUT2D eigenvalue weighted by atomic mass is 16.5. The van der Waals surface area contributed by atoms with Crippen molar-refractivity contribution in [3.05, 3.63) is 152 Å². The Kier molecular flexibility index (Phi) is 8.87. The van der Waals surface area contributed by atoms with Gasteiger partial charge in [-0.1, -0.05) is 52.0 Å². The van der Waals surface area contributed by atoms with Crippen molar-refractivity contribution < 1.29 is 38.5 Å². The second-order valence-corrected chi connectivity index (χ2v) is 16.9. The Bertz CT molecular complexity index is 2480. The lowest BCUT2D eigenvalue weighted by atomic mass is 9.78. The summed E-state index contributed by atoms with van der Waals surface area (Å²) in [4.78, 5) is 51.3. The van der Waals surface area contributed by atoms with Crippen molar-refractivity contribution in [1.29, 1.82) is 0 Å². The summed E-state index contributed by atoms with van der Waals surface area (Å²) < 4.78 is 17.6. The molecule has 2 aromatic carbocycles. The SMILES string of the molecule is CC1(C)C2=C3C=C4C=CC(=O)C=C4OC3CCN2c2ccc(CC(=O)O)cc21.CCOC(=O)Cc1ccc2c(c1)C(C)(C)C1=C3C=C4C=CC(=O)C=C4OC3CCN12. The minimum Gasteiger partial charge on any atom is -0.485 e. The van der Waals surface area contributed by atoms with Gasteiger partial charge in [-0.05, 0) is 77.8 Å². The highest BCUT2D eigenvalue weighted by Crippen LogP contribution is 2.54. The molecule has 296 valence electrons. The van der Waals surface area contributed by atoms with Gasteiger partial charge in [-0.25, -0.2) is 0 Å². The molecule has 2 aliphatic carbocycles. The number of hydrogen-bond donors (Lipinski definition) is 1. The molecule has 58 heavy (non-hydrogen) atoms. The maximum Gasteiger partial charge on any atom is 0.310 e. The summed E-state index contributed by atoms with van der Waals surface area (Å²) in [7, 11) is 0. The number of carbonyl (C=O) groups is 4. The van der Waals surface area contributed by atoms with E-state index in [1.165, 1.54) is 28.2 Å². The summed E-state index contributed by atoms with van der Waals surface area (Å²) in [6.07, 6.45) is 16.2. The molecule has 0 spiro atoms. The Morgan fingerprint density at radius 3 is 1.62 bits per heavy atom. The molecule has 0 bridgehead atoms. The number of ether oxygens (including phenoxy) is 3. The molecule has 0 saturated carbocycles. The quantitative estimate of drug-likeness (QED) is 0.309. The Labute approximate surface area is 337 Å². The van der Waals surface area contributed by atoms with Gasteiger partial charge < -0.3 is 29.1 Å². The average molecular weight is 779 g/mol. The Morgan fingerprint density at radius 1 is 0.707 bits per heavy atom. The Hall–Kier alpha value is -6.16. The zero-order valence-corrected chi connectivity index (χ0v) is 33.4. The number of anilines is 2. The lowest BCUT2D eigenvalue weighted by Crippen LogP contribution is -2.39. The fourth-order valence-corrected chi connectivity index (χ4v) is 9.87. The molecule has 0 amide bonds. The van der Waals surface area contributed by atoms with Crippen LogP contribution in [-0.2, 0) is 57.1 Å². The second kappa shape index (κ2) is 13.7. The largest absolute Gasteiger partial charge is 0.485 e. The highest BCUT2D eigenvalue weighted by molar-refractivity contribution is 6.02. The minimum absolute atomic E-state index is 0.0258. The lowest BCUT2D eigenvalue weighted by molar-refractivity contribution is -0.142. The number of hydrogen-bond acceptors (Lipinski definition) is 9. The molecule has 10 heteroatoms. The smallest absolute Gasteiger partial charge is 0.310 e. The van der Waals surface area contributed by atoms with Gasteiger partial charge in [0.25, 0.3) is 0 Å². The van der Waals surface area contributed by atoms with Crippen LogP contribution in [0.2, 0.25) is 0 Å². The van der Waals surface area contributed by atoms with Crippen LogP contribution in [0.4, 0.5) is 11.4 Å². The third kappa shape index (κ3) is 6.17. The molecule has 2 atom stereocenters. The van der Waals surface area contributed by atoms with E-state index < -0.39 is 5.97 Å². The van der Waals surface area contributed by atoms with E-state index in [4.69, 9.17) is 19.3 Å². The highest BCUT2D eigenvalue weighted by Gasteiger charge is 2.48.